The fourth-order valence-corrected chi connectivity index (χ4v) is 1.33. The summed E-state index contributed by atoms with van der Waals surface area (Å²) in [6.07, 6.45) is 4.26. The number of pyridine rings is 1. The molecule has 1 heterocycles. The highest BCUT2D eigenvalue weighted by Gasteiger charge is 2.09. The zero-order chi connectivity index (χ0) is 12.0. The molecule has 0 unspecified atom stereocenters. The van der Waals surface area contributed by atoms with E-state index in [-0.39, 0.29) is 18.2 Å². The van der Waals surface area contributed by atoms with Crippen LogP contribution in [0.1, 0.15) is 20.3 Å². The van der Waals surface area contributed by atoms with Gasteiger partial charge in [0.25, 0.3) is 5.91 Å². The fraction of sp³-hybridized carbons (Fsp3) is 0.500. The molecule has 0 fully saturated rings. The number of nitrogens with zero attached hydrogens (tertiary/aromatic N) is 1. The first kappa shape index (κ1) is 12.5. The van der Waals surface area contributed by atoms with E-state index in [0.29, 0.717) is 12.5 Å². The van der Waals surface area contributed by atoms with Crippen LogP contribution in [0, 0.1) is 5.92 Å². The van der Waals surface area contributed by atoms with Crippen molar-refractivity contribution in [3.05, 3.63) is 24.5 Å². The van der Waals surface area contributed by atoms with Gasteiger partial charge in [0, 0.05) is 12.6 Å². The van der Waals surface area contributed by atoms with Crippen molar-refractivity contribution in [3.63, 3.8) is 0 Å². The van der Waals surface area contributed by atoms with Crippen molar-refractivity contribution in [2.45, 2.75) is 26.8 Å². The van der Waals surface area contributed by atoms with Crippen LogP contribution in [0.5, 0.6) is 5.75 Å². The minimum absolute atomic E-state index is 0.0312. The van der Waals surface area contributed by atoms with E-state index in [1.807, 2.05) is 0 Å². The van der Waals surface area contributed by atoms with E-state index >= 15 is 0 Å². The Labute approximate surface area is 95.9 Å². The molecule has 0 aromatic carbocycles. The first-order valence-electron chi connectivity index (χ1n) is 5.52. The molecule has 2 N–H and O–H groups in total. The number of aromatic hydroxyl groups is 1. The SMILES string of the molecule is CC(C)CCNC(=O)C[n+]1cccc(O)c1. The molecule has 0 atom stereocenters. The second-order valence-electron chi connectivity index (χ2n) is 4.27. The lowest BCUT2D eigenvalue weighted by atomic mass is 10.1. The van der Waals surface area contributed by atoms with E-state index in [4.69, 9.17) is 0 Å². The van der Waals surface area contributed by atoms with Crippen molar-refractivity contribution in [3.8, 4) is 5.75 Å². The predicted molar refractivity (Wildman–Crippen MR) is 60.8 cm³/mol. The Hall–Kier alpha value is -1.58. The topological polar surface area (TPSA) is 53.2 Å². The zero-order valence-electron chi connectivity index (χ0n) is 9.81. The Balaban J connectivity index is 2.34. The molecule has 1 rings (SSSR count). The molecule has 0 aliphatic carbocycles. The lowest BCUT2D eigenvalue weighted by molar-refractivity contribution is -0.684. The van der Waals surface area contributed by atoms with Crippen LogP contribution in [0.4, 0.5) is 0 Å². The van der Waals surface area contributed by atoms with Gasteiger partial charge in [-0.2, -0.15) is 4.57 Å². The van der Waals surface area contributed by atoms with Crippen molar-refractivity contribution in [2.24, 2.45) is 5.92 Å². The second-order valence-corrected chi connectivity index (χ2v) is 4.27. The summed E-state index contributed by atoms with van der Waals surface area (Å²) in [6.45, 7) is 5.19. The maximum Gasteiger partial charge on any atom is 0.285 e. The largest absolute Gasteiger partial charge is 0.503 e. The fourth-order valence-electron chi connectivity index (χ4n) is 1.33. The monoisotopic (exact) mass is 223 g/mol. The number of carbonyl (C=O) groups is 1. The van der Waals surface area contributed by atoms with Crippen LogP contribution in [0.2, 0.25) is 0 Å². The van der Waals surface area contributed by atoms with Gasteiger partial charge < -0.3 is 10.4 Å². The first-order chi connectivity index (χ1) is 7.58. The first-order valence-corrected chi connectivity index (χ1v) is 5.52. The molecular weight excluding hydrogens is 204 g/mol. The summed E-state index contributed by atoms with van der Waals surface area (Å²) in [7, 11) is 0. The van der Waals surface area contributed by atoms with E-state index in [1.54, 1.807) is 22.9 Å². The maximum atomic E-state index is 11.5. The Morgan fingerprint density at radius 3 is 2.94 bits per heavy atom. The molecule has 16 heavy (non-hydrogen) atoms. The molecule has 0 aliphatic rings. The third-order valence-electron chi connectivity index (χ3n) is 2.21. The summed E-state index contributed by atoms with van der Waals surface area (Å²) in [4.78, 5) is 11.5. The van der Waals surface area contributed by atoms with Crippen LogP contribution in [0.15, 0.2) is 24.5 Å². The molecule has 4 heteroatoms. The van der Waals surface area contributed by atoms with Crippen LogP contribution in [0.25, 0.3) is 0 Å². The van der Waals surface area contributed by atoms with Crippen molar-refractivity contribution in [1.29, 1.82) is 0 Å². The van der Waals surface area contributed by atoms with Crippen LogP contribution in [-0.4, -0.2) is 17.6 Å². The second kappa shape index (κ2) is 6.10. The third kappa shape index (κ3) is 4.77. The highest BCUT2D eigenvalue weighted by molar-refractivity contribution is 5.74. The van der Waals surface area contributed by atoms with Gasteiger partial charge >= 0.3 is 0 Å². The molecule has 0 saturated carbocycles. The Morgan fingerprint density at radius 1 is 1.56 bits per heavy atom. The van der Waals surface area contributed by atoms with Crippen molar-refractivity contribution in [2.75, 3.05) is 6.54 Å². The minimum Gasteiger partial charge on any atom is -0.503 e. The van der Waals surface area contributed by atoms with Gasteiger partial charge in [-0.1, -0.05) is 13.8 Å². The molecule has 0 bridgehead atoms. The van der Waals surface area contributed by atoms with Gasteiger partial charge in [0.05, 0.1) is 0 Å². The number of amides is 1. The van der Waals surface area contributed by atoms with Gasteiger partial charge in [-0.15, -0.1) is 0 Å². The zero-order valence-corrected chi connectivity index (χ0v) is 9.81. The number of hydrogen-bond donors (Lipinski definition) is 2. The Kier molecular flexibility index (Phi) is 4.76. The summed E-state index contributed by atoms with van der Waals surface area (Å²) < 4.78 is 1.65. The average Bonchev–Trinajstić information content (AvgIpc) is 2.16. The van der Waals surface area contributed by atoms with Gasteiger partial charge in [-0.3, -0.25) is 4.79 Å². The van der Waals surface area contributed by atoms with Crippen molar-refractivity contribution in [1.82, 2.24) is 5.32 Å². The normalized spacial score (nSPS) is 10.4. The van der Waals surface area contributed by atoms with Crippen LogP contribution < -0.4 is 9.88 Å². The standard InChI is InChI=1S/C12H18N2O2/c1-10(2)5-6-13-12(16)9-14-7-3-4-11(15)8-14/h3-4,7-8,10H,5-6,9H2,1-2H3,(H-,13,15,16)/p+1. The molecule has 88 valence electrons. The molecule has 1 amide bonds. The van der Waals surface area contributed by atoms with Gasteiger partial charge in [0.15, 0.2) is 11.9 Å². The van der Waals surface area contributed by atoms with Crippen LogP contribution >= 0.6 is 0 Å². The van der Waals surface area contributed by atoms with Crippen LogP contribution in [0.3, 0.4) is 0 Å². The molecule has 0 radical (unpaired) electrons. The summed E-state index contributed by atoms with van der Waals surface area (Å²) >= 11 is 0. The molecule has 0 aliphatic heterocycles. The Morgan fingerprint density at radius 2 is 2.31 bits per heavy atom. The summed E-state index contributed by atoms with van der Waals surface area (Å²) in [5.41, 5.74) is 0. The number of hydrogen-bond acceptors (Lipinski definition) is 2. The molecular formula is C12H19N2O2+. The third-order valence-corrected chi connectivity index (χ3v) is 2.21. The van der Waals surface area contributed by atoms with E-state index in [0.717, 1.165) is 6.42 Å². The number of aromatic nitrogens is 1. The average molecular weight is 223 g/mol. The summed E-state index contributed by atoms with van der Waals surface area (Å²) in [6, 6.07) is 3.28. The Bertz CT molecular complexity index is 351. The van der Waals surface area contributed by atoms with Gasteiger partial charge in [-0.25, -0.2) is 0 Å². The van der Waals surface area contributed by atoms with Gasteiger partial charge in [0.2, 0.25) is 12.7 Å². The van der Waals surface area contributed by atoms with Gasteiger partial charge in [-0.05, 0) is 18.4 Å². The maximum absolute atomic E-state index is 11.5. The number of rotatable bonds is 5. The highest BCUT2D eigenvalue weighted by atomic mass is 16.3. The van der Waals surface area contributed by atoms with Gasteiger partial charge in [0.1, 0.15) is 0 Å². The lowest BCUT2D eigenvalue weighted by Gasteiger charge is -2.05. The molecule has 1 aromatic rings. The minimum atomic E-state index is -0.0312. The smallest absolute Gasteiger partial charge is 0.285 e. The molecule has 0 spiro atoms. The predicted octanol–water partition coefficient (Wildman–Crippen LogP) is 0.842. The summed E-state index contributed by atoms with van der Waals surface area (Å²) in [5.74, 6) is 0.724. The van der Waals surface area contributed by atoms with E-state index in [9.17, 15) is 9.90 Å². The van der Waals surface area contributed by atoms with E-state index in [2.05, 4.69) is 19.2 Å². The number of nitrogens with one attached hydrogen (secondary N) is 1. The van der Waals surface area contributed by atoms with E-state index in [1.165, 1.54) is 6.20 Å². The summed E-state index contributed by atoms with van der Waals surface area (Å²) in [5, 5.41) is 12.1. The highest BCUT2D eigenvalue weighted by Crippen LogP contribution is 2.00. The van der Waals surface area contributed by atoms with Crippen LogP contribution in [-0.2, 0) is 11.3 Å². The van der Waals surface area contributed by atoms with E-state index < -0.39 is 0 Å². The van der Waals surface area contributed by atoms with Crippen molar-refractivity contribution < 1.29 is 14.5 Å². The lowest BCUT2D eigenvalue weighted by Crippen LogP contribution is -2.42. The molecule has 1 aromatic heterocycles. The molecule has 4 nitrogen and oxygen atoms in total. The number of carbonyl (C=O) groups excluding carboxylic acids is 1. The molecule has 0 saturated heterocycles. The van der Waals surface area contributed by atoms with Crippen molar-refractivity contribution >= 4 is 5.91 Å². The quantitative estimate of drug-likeness (QED) is 0.727.